The highest BCUT2D eigenvalue weighted by Gasteiger charge is 2.17. The van der Waals surface area contributed by atoms with Gasteiger partial charge in [0.1, 0.15) is 11.6 Å². The van der Waals surface area contributed by atoms with E-state index in [1.165, 1.54) is 0 Å². The second-order valence-electron chi connectivity index (χ2n) is 4.65. The van der Waals surface area contributed by atoms with E-state index in [4.69, 9.17) is 10.5 Å². The zero-order valence-corrected chi connectivity index (χ0v) is 10.8. The molecule has 2 rings (SSSR count). The molecule has 92 valence electrons. The molecule has 17 heavy (non-hydrogen) atoms. The molecule has 2 aromatic rings. The van der Waals surface area contributed by atoms with E-state index in [-0.39, 0.29) is 6.04 Å². The fourth-order valence-electron chi connectivity index (χ4n) is 1.92. The fraction of sp³-hybridized carbons (Fsp3) is 0.462. The van der Waals surface area contributed by atoms with Crippen LogP contribution in [0.5, 0.6) is 5.75 Å². The summed E-state index contributed by atoms with van der Waals surface area (Å²) in [5.41, 5.74) is 8.17. The van der Waals surface area contributed by atoms with Gasteiger partial charge in [0.15, 0.2) is 0 Å². The van der Waals surface area contributed by atoms with Crippen molar-refractivity contribution in [2.24, 2.45) is 18.7 Å². The number of aromatic nitrogens is 2. The van der Waals surface area contributed by atoms with Crippen LogP contribution in [0.15, 0.2) is 18.2 Å². The van der Waals surface area contributed by atoms with E-state index in [1.807, 2.05) is 25.2 Å². The van der Waals surface area contributed by atoms with Gasteiger partial charge in [0, 0.05) is 13.1 Å². The SMILES string of the molecule is COc1ccc2c(c1)nc([C@@H](N)C(C)C)n2C. The molecule has 0 amide bonds. The van der Waals surface area contributed by atoms with Gasteiger partial charge in [-0.1, -0.05) is 13.8 Å². The Morgan fingerprint density at radius 2 is 2.06 bits per heavy atom. The van der Waals surface area contributed by atoms with Crippen molar-refractivity contribution in [2.75, 3.05) is 7.11 Å². The van der Waals surface area contributed by atoms with Gasteiger partial charge in [-0.2, -0.15) is 0 Å². The Hall–Kier alpha value is -1.55. The van der Waals surface area contributed by atoms with E-state index in [0.717, 1.165) is 22.6 Å². The molecule has 0 unspecified atom stereocenters. The summed E-state index contributed by atoms with van der Waals surface area (Å²) in [4.78, 5) is 4.60. The second kappa shape index (κ2) is 4.37. The van der Waals surface area contributed by atoms with Crippen molar-refractivity contribution in [1.29, 1.82) is 0 Å². The first-order valence-corrected chi connectivity index (χ1v) is 5.80. The van der Waals surface area contributed by atoms with Gasteiger partial charge in [-0.25, -0.2) is 4.98 Å². The van der Waals surface area contributed by atoms with E-state index < -0.39 is 0 Å². The number of imidazole rings is 1. The molecule has 1 aromatic carbocycles. The van der Waals surface area contributed by atoms with Crippen LogP contribution in [0.4, 0.5) is 0 Å². The van der Waals surface area contributed by atoms with Crippen LogP contribution in [0, 0.1) is 5.92 Å². The minimum absolute atomic E-state index is 0.0432. The number of nitrogens with zero attached hydrogens (tertiary/aromatic N) is 2. The van der Waals surface area contributed by atoms with E-state index in [2.05, 4.69) is 23.4 Å². The number of ether oxygens (including phenoxy) is 1. The van der Waals surface area contributed by atoms with E-state index in [1.54, 1.807) is 7.11 Å². The summed E-state index contributed by atoms with van der Waals surface area (Å²) in [5, 5.41) is 0. The van der Waals surface area contributed by atoms with Gasteiger partial charge >= 0.3 is 0 Å². The number of aryl methyl sites for hydroxylation is 1. The van der Waals surface area contributed by atoms with Crippen LogP contribution >= 0.6 is 0 Å². The van der Waals surface area contributed by atoms with E-state index in [0.29, 0.717) is 5.92 Å². The molecule has 0 aliphatic carbocycles. The number of nitrogens with two attached hydrogens (primary N) is 1. The Labute approximate surface area is 101 Å². The summed E-state index contributed by atoms with van der Waals surface area (Å²) in [7, 11) is 3.66. The highest BCUT2D eigenvalue weighted by atomic mass is 16.5. The zero-order valence-electron chi connectivity index (χ0n) is 10.8. The summed E-state index contributed by atoms with van der Waals surface area (Å²) < 4.78 is 7.25. The Kier molecular flexibility index (Phi) is 3.07. The average molecular weight is 233 g/mol. The third-order valence-corrected chi connectivity index (χ3v) is 3.14. The lowest BCUT2D eigenvalue weighted by Crippen LogP contribution is -2.20. The summed E-state index contributed by atoms with van der Waals surface area (Å²) in [6.07, 6.45) is 0. The average Bonchev–Trinajstić information content (AvgIpc) is 2.65. The van der Waals surface area contributed by atoms with Gasteiger partial charge in [-0.15, -0.1) is 0 Å². The number of rotatable bonds is 3. The van der Waals surface area contributed by atoms with Crippen LogP contribution in [0.2, 0.25) is 0 Å². The minimum Gasteiger partial charge on any atom is -0.497 e. The third kappa shape index (κ3) is 2.00. The molecule has 4 heteroatoms. The van der Waals surface area contributed by atoms with Crippen LogP contribution in [-0.2, 0) is 7.05 Å². The van der Waals surface area contributed by atoms with Gasteiger partial charge in [0.05, 0.1) is 24.2 Å². The molecule has 0 radical (unpaired) electrons. The molecule has 0 saturated heterocycles. The summed E-state index contributed by atoms with van der Waals surface area (Å²) in [5.74, 6) is 2.11. The molecule has 4 nitrogen and oxygen atoms in total. The topological polar surface area (TPSA) is 53.1 Å². The summed E-state index contributed by atoms with van der Waals surface area (Å²) in [6, 6.07) is 5.84. The summed E-state index contributed by atoms with van der Waals surface area (Å²) in [6.45, 7) is 4.20. The Morgan fingerprint density at radius 3 is 2.65 bits per heavy atom. The van der Waals surface area contributed by atoms with Crippen LogP contribution in [0.1, 0.15) is 25.7 Å². The molecular formula is C13H19N3O. The van der Waals surface area contributed by atoms with Gasteiger partial charge in [0.25, 0.3) is 0 Å². The van der Waals surface area contributed by atoms with Crippen molar-refractivity contribution in [3.63, 3.8) is 0 Å². The van der Waals surface area contributed by atoms with Crippen molar-refractivity contribution in [2.45, 2.75) is 19.9 Å². The predicted molar refractivity (Wildman–Crippen MR) is 69.0 cm³/mol. The molecule has 0 bridgehead atoms. The lowest BCUT2D eigenvalue weighted by Gasteiger charge is -2.14. The smallest absolute Gasteiger partial charge is 0.126 e. The number of methoxy groups -OCH3 is 1. The molecular weight excluding hydrogens is 214 g/mol. The number of hydrogen-bond acceptors (Lipinski definition) is 3. The predicted octanol–water partition coefficient (Wildman–Crippen LogP) is 2.24. The second-order valence-corrected chi connectivity index (χ2v) is 4.65. The maximum absolute atomic E-state index is 6.16. The Bertz CT molecular complexity index is 531. The first kappa shape index (κ1) is 11.9. The first-order valence-electron chi connectivity index (χ1n) is 5.80. The van der Waals surface area contributed by atoms with Crippen LogP contribution < -0.4 is 10.5 Å². The first-order chi connectivity index (χ1) is 8.04. The fourth-order valence-corrected chi connectivity index (χ4v) is 1.92. The largest absolute Gasteiger partial charge is 0.497 e. The van der Waals surface area contributed by atoms with Gasteiger partial charge < -0.3 is 15.0 Å². The molecule has 0 saturated carbocycles. The summed E-state index contributed by atoms with van der Waals surface area (Å²) >= 11 is 0. The monoisotopic (exact) mass is 233 g/mol. The van der Waals surface area contributed by atoms with E-state index >= 15 is 0 Å². The molecule has 2 N–H and O–H groups in total. The highest BCUT2D eigenvalue weighted by Crippen LogP contribution is 2.25. The molecule has 0 aliphatic rings. The zero-order chi connectivity index (χ0) is 12.6. The number of hydrogen-bond donors (Lipinski definition) is 1. The van der Waals surface area contributed by atoms with Crippen molar-refractivity contribution < 1.29 is 4.74 Å². The van der Waals surface area contributed by atoms with Gasteiger partial charge in [0.2, 0.25) is 0 Å². The van der Waals surface area contributed by atoms with Crippen LogP contribution in [0.3, 0.4) is 0 Å². The van der Waals surface area contributed by atoms with Crippen LogP contribution in [-0.4, -0.2) is 16.7 Å². The molecule has 0 fully saturated rings. The minimum atomic E-state index is -0.0432. The van der Waals surface area contributed by atoms with Gasteiger partial charge in [-0.3, -0.25) is 0 Å². The molecule has 1 heterocycles. The lowest BCUT2D eigenvalue weighted by atomic mass is 10.1. The number of benzene rings is 1. The molecule has 1 atom stereocenters. The highest BCUT2D eigenvalue weighted by molar-refractivity contribution is 5.77. The maximum Gasteiger partial charge on any atom is 0.126 e. The Balaban J connectivity index is 2.56. The van der Waals surface area contributed by atoms with Crippen LogP contribution in [0.25, 0.3) is 11.0 Å². The third-order valence-electron chi connectivity index (χ3n) is 3.14. The quantitative estimate of drug-likeness (QED) is 0.884. The van der Waals surface area contributed by atoms with Crippen molar-refractivity contribution in [1.82, 2.24) is 9.55 Å². The molecule has 0 aliphatic heterocycles. The van der Waals surface area contributed by atoms with E-state index in [9.17, 15) is 0 Å². The van der Waals surface area contributed by atoms with Crippen molar-refractivity contribution >= 4 is 11.0 Å². The molecule has 0 spiro atoms. The number of fused-ring (bicyclic) bond motifs is 1. The van der Waals surface area contributed by atoms with Crippen molar-refractivity contribution in [3.05, 3.63) is 24.0 Å². The van der Waals surface area contributed by atoms with Gasteiger partial charge in [-0.05, 0) is 18.1 Å². The lowest BCUT2D eigenvalue weighted by molar-refractivity contribution is 0.415. The standard InChI is InChI=1S/C13H19N3O/c1-8(2)12(14)13-15-10-7-9(17-4)5-6-11(10)16(13)3/h5-8,12H,14H2,1-4H3/t12-/m0/s1. The van der Waals surface area contributed by atoms with Crippen molar-refractivity contribution in [3.8, 4) is 5.75 Å². The Morgan fingerprint density at radius 1 is 1.35 bits per heavy atom. The molecule has 1 aromatic heterocycles. The normalized spacial score (nSPS) is 13.3. The maximum atomic E-state index is 6.16.